The number of hydrogen-bond acceptors (Lipinski definition) is 5. The number of carbonyl (C=O) groups excluding carboxylic acids is 2. The number of halogens is 1. The van der Waals surface area contributed by atoms with E-state index in [-0.39, 0.29) is 5.78 Å². The summed E-state index contributed by atoms with van der Waals surface area (Å²) in [7, 11) is 0. The number of nitrogens with zero attached hydrogens (tertiary/aromatic N) is 1. The van der Waals surface area contributed by atoms with Crippen LogP contribution in [0, 0.1) is 0 Å². The summed E-state index contributed by atoms with van der Waals surface area (Å²) >= 11 is 4.18. The first kappa shape index (κ1) is 14.1. The van der Waals surface area contributed by atoms with Crippen molar-refractivity contribution in [2.45, 2.75) is 33.3 Å². The van der Waals surface area contributed by atoms with Crippen molar-refractivity contribution in [2.24, 2.45) is 0 Å². The summed E-state index contributed by atoms with van der Waals surface area (Å²) in [6, 6.07) is 0. The van der Waals surface area contributed by atoms with Crippen LogP contribution in [-0.2, 0) is 4.74 Å². The van der Waals surface area contributed by atoms with Gasteiger partial charge < -0.3 is 4.74 Å². The standard InChI is InChI=1S/C10H13BrN2O3S/c1-5(14)6-7(11)13-17-8(6)12-9(15)16-10(2,3)4/h1-4H3,(H,12,15). The van der Waals surface area contributed by atoms with Crippen molar-refractivity contribution in [3.05, 3.63) is 10.2 Å². The number of carbonyl (C=O) groups is 2. The molecule has 7 heteroatoms. The lowest BCUT2D eigenvalue weighted by atomic mass is 10.2. The Morgan fingerprint density at radius 1 is 1.41 bits per heavy atom. The minimum absolute atomic E-state index is 0.170. The molecule has 0 saturated carbocycles. The predicted octanol–water partition coefficient (Wildman–Crippen LogP) is 3.46. The highest BCUT2D eigenvalue weighted by Gasteiger charge is 2.21. The highest BCUT2D eigenvalue weighted by atomic mass is 79.9. The van der Waals surface area contributed by atoms with Gasteiger partial charge in [-0.1, -0.05) is 0 Å². The summed E-state index contributed by atoms with van der Waals surface area (Å²) in [5.41, 5.74) is -0.219. The van der Waals surface area contributed by atoms with Gasteiger partial charge in [-0.3, -0.25) is 10.1 Å². The zero-order chi connectivity index (χ0) is 13.2. The lowest BCUT2D eigenvalue weighted by molar-refractivity contribution is 0.0636. The molecular formula is C10H13BrN2O3S. The molecule has 0 spiro atoms. The molecule has 0 radical (unpaired) electrons. The second kappa shape index (κ2) is 5.14. The van der Waals surface area contributed by atoms with Crippen molar-refractivity contribution in [2.75, 3.05) is 5.32 Å². The molecule has 5 nitrogen and oxygen atoms in total. The second-order valence-electron chi connectivity index (χ2n) is 4.36. The third kappa shape index (κ3) is 4.08. The third-order valence-electron chi connectivity index (χ3n) is 1.62. The van der Waals surface area contributed by atoms with Gasteiger partial charge in [0, 0.05) is 0 Å². The average Bonchev–Trinajstić information content (AvgIpc) is 2.42. The molecule has 0 saturated heterocycles. The molecule has 94 valence electrons. The van der Waals surface area contributed by atoms with Crippen molar-refractivity contribution in [3.63, 3.8) is 0 Å². The van der Waals surface area contributed by atoms with E-state index in [1.54, 1.807) is 20.8 Å². The normalized spacial score (nSPS) is 11.1. The van der Waals surface area contributed by atoms with E-state index < -0.39 is 11.7 Å². The van der Waals surface area contributed by atoms with Crippen LogP contribution in [0.15, 0.2) is 4.60 Å². The first-order valence-corrected chi connectivity index (χ1v) is 6.43. The molecule has 0 aliphatic heterocycles. The maximum atomic E-state index is 11.5. The Hall–Kier alpha value is -0.950. The van der Waals surface area contributed by atoms with Crippen molar-refractivity contribution >= 4 is 44.3 Å². The van der Waals surface area contributed by atoms with Crippen LogP contribution >= 0.6 is 27.5 Å². The number of nitrogens with one attached hydrogen (secondary N) is 1. The summed E-state index contributed by atoms with van der Waals surface area (Å²) in [6.45, 7) is 6.71. The fourth-order valence-corrected chi connectivity index (χ4v) is 2.61. The Balaban J connectivity index is 2.83. The number of amides is 1. The Bertz CT molecular complexity index is 451. The Morgan fingerprint density at radius 3 is 2.47 bits per heavy atom. The van der Waals surface area contributed by atoms with Gasteiger partial charge in [0.05, 0.1) is 5.56 Å². The number of ketones is 1. The van der Waals surface area contributed by atoms with Crippen molar-refractivity contribution in [1.82, 2.24) is 4.37 Å². The maximum absolute atomic E-state index is 11.5. The Labute approximate surface area is 112 Å². The minimum Gasteiger partial charge on any atom is -0.444 e. The van der Waals surface area contributed by atoms with Crippen LogP contribution < -0.4 is 5.32 Å². The van der Waals surface area contributed by atoms with E-state index in [1.807, 2.05) is 0 Å². The SMILES string of the molecule is CC(=O)c1c(Br)nsc1NC(=O)OC(C)(C)C. The number of Topliss-reactive ketones (excluding diaryl/α,β-unsaturated/α-hetero) is 1. The van der Waals surface area contributed by atoms with Crippen molar-refractivity contribution in [1.29, 1.82) is 0 Å². The zero-order valence-corrected chi connectivity index (χ0v) is 12.4. The van der Waals surface area contributed by atoms with Gasteiger partial charge in [0.2, 0.25) is 0 Å². The summed E-state index contributed by atoms with van der Waals surface area (Å²) < 4.78 is 9.47. The molecule has 0 atom stereocenters. The topological polar surface area (TPSA) is 68.3 Å². The fourth-order valence-electron chi connectivity index (χ4n) is 1.06. The molecule has 1 heterocycles. The molecule has 0 fully saturated rings. The van der Waals surface area contributed by atoms with E-state index in [2.05, 4.69) is 25.6 Å². The lowest BCUT2D eigenvalue weighted by Crippen LogP contribution is -2.27. The molecule has 1 amide bonds. The molecule has 1 aromatic heterocycles. The molecule has 1 rings (SSSR count). The highest BCUT2D eigenvalue weighted by molar-refractivity contribution is 9.10. The molecular weight excluding hydrogens is 308 g/mol. The van der Waals surface area contributed by atoms with Crippen LogP contribution in [0.25, 0.3) is 0 Å². The number of ether oxygens (including phenoxy) is 1. The Morgan fingerprint density at radius 2 is 2.00 bits per heavy atom. The summed E-state index contributed by atoms with van der Waals surface area (Å²) in [5, 5.41) is 2.90. The number of anilines is 1. The summed E-state index contributed by atoms with van der Waals surface area (Å²) in [6.07, 6.45) is -0.601. The van der Waals surface area contributed by atoms with Gasteiger partial charge >= 0.3 is 6.09 Å². The molecule has 0 bridgehead atoms. The van der Waals surface area contributed by atoms with E-state index >= 15 is 0 Å². The van der Waals surface area contributed by atoms with Crippen molar-refractivity contribution < 1.29 is 14.3 Å². The number of hydrogen-bond donors (Lipinski definition) is 1. The van der Waals surface area contributed by atoms with Crippen LogP contribution in [-0.4, -0.2) is 21.9 Å². The van der Waals surface area contributed by atoms with Crippen LogP contribution in [0.1, 0.15) is 38.1 Å². The van der Waals surface area contributed by atoms with Crippen LogP contribution in [0.4, 0.5) is 9.80 Å². The molecule has 17 heavy (non-hydrogen) atoms. The zero-order valence-electron chi connectivity index (χ0n) is 9.96. The molecule has 0 aliphatic carbocycles. The summed E-state index contributed by atoms with van der Waals surface area (Å²) in [5.74, 6) is -0.170. The van der Waals surface area contributed by atoms with Gasteiger partial charge in [0.1, 0.15) is 15.2 Å². The molecule has 1 aromatic rings. The van der Waals surface area contributed by atoms with Gasteiger partial charge in [-0.25, -0.2) is 4.79 Å². The van der Waals surface area contributed by atoms with Gasteiger partial charge in [-0.05, 0) is 55.2 Å². The van der Waals surface area contributed by atoms with Gasteiger partial charge in [0.25, 0.3) is 0 Å². The third-order valence-corrected chi connectivity index (χ3v) is 3.19. The van der Waals surface area contributed by atoms with E-state index in [1.165, 1.54) is 6.92 Å². The van der Waals surface area contributed by atoms with E-state index in [0.717, 1.165) is 11.5 Å². The quantitative estimate of drug-likeness (QED) is 0.847. The van der Waals surface area contributed by atoms with Gasteiger partial charge in [0.15, 0.2) is 5.78 Å². The molecule has 1 N–H and O–H groups in total. The first-order chi connectivity index (χ1) is 7.70. The maximum Gasteiger partial charge on any atom is 0.412 e. The van der Waals surface area contributed by atoms with Crippen LogP contribution in [0.2, 0.25) is 0 Å². The lowest BCUT2D eigenvalue weighted by Gasteiger charge is -2.19. The average molecular weight is 321 g/mol. The number of rotatable bonds is 2. The van der Waals surface area contributed by atoms with Gasteiger partial charge in [-0.2, -0.15) is 4.37 Å². The van der Waals surface area contributed by atoms with E-state index in [0.29, 0.717) is 15.2 Å². The molecule has 0 unspecified atom stereocenters. The monoisotopic (exact) mass is 320 g/mol. The Kier molecular flexibility index (Phi) is 4.26. The van der Waals surface area contributed by atoms with E-state index in [4.69, 9.17) is 4.74 Å². The van der Waals surface area contributed by atoms with E-state index in [9.17, 15) is 9.59 Å². The minimum atomic E-state index is -0.601. The van der Waals surface area contributed by atoms with Crippen molar-refractivity contribution in [3.8, 4) is 0 Å². The largest absolute Gasteiger partial charge is 0.444 e. The predicted molar refractivity (Wildman–Crippen MR) is 69.7 cm³/mol. The number of aromatic nitrogens is 1. The fraction of sp³-hybridized carbons (Fsp3) is 0.500. The second-order valence-corrected chi connectivity index (χ2v) is 5.89. The first-order valence-electron chi connectivity index (χ1n) is 4.87. The smallest absolute Gasteiger partial charge is 0.412 e. The van der Waals surface area contributed by atoms with Gasteiger partial charge in [-0.15, -0.1) is 0 Å². The van der Waals surface area contributed by atoms with Crippen LogP contribution in [0.3, 0.4) is 0 Å². The molecule has 0 aromatic carbocycles. The molecule has 0 aliphatic rings. The highest BCUT2D eigenvalue weighted by Crippen LogP contribution is 2.29. The summed E-state index contributed by atoms with van der Waals surface area (Å²) in [4.78, 5) is 22.9. The van der Waals surface area contributed by atoms with Crippen LogP contribution in [0.5, 0.6) is 0 Å².